The normalized spacial score (nSPS) is 10.8. The Hall–Kier alpha value is -1.55. The third-order valence-corrected chi connectivity index (χ3v) is 3.46. The number of ether oxygens (including phenoxy) is 1. The summed E-state index contributed by atoms with van der Waals surface area (Å²) >= 11 is 0. The molecule has 0 bridgehead atoms. The fourth-order valence-corrected chi connectivity index (χ4v) is 2.82. The van der Waals surface area contributed by atoms with Crippen LogP contribution < -0.4 is 10.1 Å². The van der Waals surface area contributed by atoms with Crippen molar-refractivity contribution in [1.82, 2.24) is 5.32 Å². The van der Waals surface area contributed by atoms with Gasteiger partial charge in [-0.1, -0.05) is 44.4 Å². The number of carbonyl (C=O) groups is 1. The van der Waals surface area contributed by atoms with Gasteiger partial charge in [0.15, 0.2) is 0 Å². The van der Waals surface area contributed by atoms with Crippen LogP contribution >= 0.6 is 0 Å². The highest BCUT2D eigenvalue weighted by Crippen LogP contribution is 2.13. The third kappa shape index (κ3) is 5.92. The molecule has 17 heavy (non-hydrogen) atoms. The van der Waals surface area contributed by atoms with E-state index in [0.717, 1.165) is 11.7 Å². The van der Waals surface area contributed by atoms with E-state index >= 15 is 0 Å². The lowest BCUT2D eigenvalue weighted by Crippen LogP contribution is -2.30. The molecule has 0 unspecified atom stereocenters. The largest absolute Gasteiger partial charge is 0.416 e. The van der Waals surface area contributed by atoms with E-state index in [1.165, 1.54) is 0 Å². The van der Waals surface area contributed by atoms with Crippen molar-refractivity contribution >= 4 is 14.2 Å². The maximum absolute atomic E-state index is 11.5. The highest BCUT2D eigenvalue weighted by atomic mass is 28.3. The smallest absolute Gasteiger partial charge is 0.410 e. The Bertz CT molecular complexity index is 396. The molecule has 0 aliphatic heterocycles. The highest BCUT2D eigenvalue weighted by Gasteiger charge is 2.16. The number of rotatable bonds is 4. The van der Waals surface area contributed by atoms with Gasteiger partial charge < -0.3 is 4.74 Å². The summed E-state index contributed by atoms with van der Waals surface area (Å²) in [6.45, 7) is 10.5. The number of para-hydroxylation sites is 1. The number of benzene rings is 1. The van der Waals surface area contributed by atoms with Crippen LogP contribution in [0.2, 0.25) is 25.7 Å². The average Bonchev–Trinajstić information content (AvgIpc) is 2.15. The molecule has 92 valence electrons. The molecule has 0 spiro atoms. The van der Waals surface area contributed by atoms with E-state index in [1.807, 2.05) is 18.2 Å². The molecule has 0 fully saturated rings. The van der Waals surface area contributed by atoms with E-state index in [9.17, 15) is 4.79 Å². The van der Waals surface area contributed by atoms with Crippen molar-refractivity contribution in [3.05, 3.63) is 42.6 Å². The van der Waals surface area contributed by atoms with Crippen molar-refractivity contribution in [3.63, 3.8) is 0 Å². The number of amides is 1. The topological polar surface area (TPSA) is 38.3 Å². The fraction of sp³-hybridized carbons (Fsp3) is 0.308. The second kappa shape index (κ2) is 5.68. The fourth-order valence-electron chi connectivity index (χ4n) is 1.45. The molecule has 0 radical (unpaired) electrons. The quantitative estimate of drug-likeness (QED) is 0.828. The summed E-state index contributed by atoms with van der Waals surface area (Å²) in [5.41, 5.74) is 0.727. The first-order valence-corrected chi connectivity index (χ1v) is 9.29. The molecule has 0 atom stereocenters. The molecule has 3 nitrogen and oxygen atoms in total. The van der Waals surface area contributed by atoms with Crippen LogP contribution in [-0.2, 0) is 0 Å². The van der Waals surface area contributed by atoms with E-state index in [1.54, 1.807) is 12.1 Å². The molecular formula is C13H19NO2Si. The van der Waals surface area contributed by atoms with Gasteiger partial charge in [0.1, 0.15) is 5.75 Å². The summed E-state index contributed by atoms with van der Waals surface area (Å²) in [6.07, 6.45) is -0.473. The zero-order chi connectivity index (χ0) is 12.9. The molecule has 4 heteroatoms. The number of hydrogen-bond acceptors (Lipinski definition) is 2. The molecule has 1 rings (SSSR count). The Kier molecular flexibility index (Phi) is 4.51. The van der Waals surface area contributed by atoms with Crippen molar-refractivity contribution in [3.8, 4) is 5.75 Å². The summed E-state index contributed by atoms with van der Waals surface area (Å²) in [6, 6.07) is 9.84. The molecule has 1 amide bonds. The van der Waals surface area contributed by atoms with Gasteiger partial charge in [-0.2, -0.15) is 0 Å². The molecule has 0 heterocycles. The minimum absolute atomic E-state index is 0.473. The predicted octanol–water partition coefficient (Wildman–Crippen LogP) is 3.63. The van der Waals surface area contributed by atoms with Gasteiger partial charge in [-0.25, -0.2) is 4.79 Å². The predicted molar refractivity (Wildman–Crippen MR) is 72.9 cm³/mol. The SMILES string of the molecule is C=C(C[Si](C)(C)C)NC(=O)Oc1ccccc1. The van der Waals surface area contributed by atoms with Gasteiger partial charge in [-0.05, 0) is 18.2 Å². The summed E-state index contributed by atoms with van der Waals surface area (Å²) in [7, 11) is -1.25. The highest BCUT2D eigenvalue weighted by molar-refractivity contribution is 6.76. The van der Waals surface area contributed by atoms with E-state index in [4.69, 9.17) is 4.74 Å². The van der Waals surface area contributed by atoms with Crippen LogP contribution in [0, 0.1) is 0 Å². The van der Waals surface area contributed by atoms with E-state index in [2.05, 4.69) is 31.5 Å². The van der Waals surface area contributed by atoms with Crippen LogP contribution in [0.5, 0.6) is 5.75 Å². The molecule has 0 aromatic heterocycles. The minimum atomic E-state index is -1.25. The summed E-state index contributed by atoms with van der Waals surface area (Å²) in [5, 5.41) is 2.66. The Morgan fingerprint density at radius 2 is 1.88 bits per heavy atom. The zero-order valence-electron chi connectivity index (χ0n) is 10.6. The monoisotopic (exact) mass is 249 g/mol. The number of hydrogen-bond donors (Lipinski definition) is 1. The van der Waals surface area contributed by atoms with Gasteiger partial charge in [0, 0.05) is 5.70 Å². The summed E-state index contributed by atoms with van der Waals surface area (Å²) in [5.74, 6) is 0.533. The van der Waals surface area contributed by atoms with Crippen LogP contribution in [0.15, 0.2) is 42.6 Å². The van der Waals surface area contributed by atoms with Crippen molar-refractivity contribution in [2.45, 2.75) is 25.7 Å². The number of carbonyl (C=O) groups excluding carboxylic acids is 1. The molecule has 0 aliphatic carbocycles. The molecule has 0 saturated heterocycles. The Morgan fingerprint density at radius 1 is 1.29 bits per heavy atom. The van der Waals surface area contributed by atoms with Crippen LogP contribution in [0.1, 0.15) is 0 Å². The van der Waals surface area contributed by atoms with E-state index < -0.39 is 14.2 Å². The maximum atomic E-state index is 11.5. The third-order valence-electron chi connectivity index (χ3n) is 1.98. The standard InChI is InChI=1S/C13H19NO2Si/c1-11(10-17(2,3)4)14-13(15)16-12-8-6-5-7-9-12/h5-9H,1,10H2,2-4H3,(H,14,15). The first kappa shape index (κ1) is 13.5. The Labute approximate surface area is 104 Å². The van der Waals surface area contributed by atoms with Gasteiger partial charge in [0.2, 0.25) is 0 Å². The van der Waals surface area contributed by atoms with Crippen molar-refractivity contribution < 1.29 is 9.53 Å². The Morgan fingerprint density at radius 3 is 2.41 bits per heavy atom. The van der Waals surface area contributed by atoms with Crippen molar-refractivity contribution in [2.75, 3.05) is 0 Å². The zero-order valence-corrected chi connectivity index (χ0v) is 11.6. The number of allylic oxidation sites excluding steroid dienone is 1. The van der Waals surface area contributed by atoms with Crippen LogP contribution in [0.25, 0.3) is 0 Å². The summed E-state index contributed by atoms with van der Waals surface area (Å²) < 4.78 is 5.10. The lowest BCUT2D eigenvalue weighted by molar-refractivity contribution is 0.203. The second-order valence-corrected chi connectivity index (χ2v) is 10.6. The molecule has 1 aromatic carbocycles. The summed E-state index contributed by atoms with van der Waals surface area (Å²) in [4.78, 5) is 11.5. The lowest BCUT2D eigenvalue weighted by atomic mass is 10.3. The minimum Gasteiger partial charge on any atom is -0.410 e. The molecular weight excluding hydrogens is 230 g/mol. The maximum Gasteiger partial charge on any atom is 0.416 e. The van der Waals surface area contributed by atoms with Gasteiger partial charge in [-0.3, -0.25) is 5.32 Å². The van der Waals surface area contributed by atoms with Gasteiger partial charge in [-0.15, -0.1) is 0 Å². The van der Waals surface area contributed by atoms with E-state index in [0.29, 0.717) is 5.75 Å². The number of nitrogens with one attached hydrogen (secondary N) is 1. The lowest BCUT2D eigenvalue weighted by Gasteiger charge is -2.17. The van der Waals surface area contributed by atoms with Crippen LogP contribution in [0.3, 0.4) is 0 Å². The average molecular weight is 249 g/mol. The molecule has 1 aromatic rings. The first-order valence-electron chi connectivity index (χ1n) is 5.58. The van der Waals surface area contributed by atoms with E-state index in [-0.39, 0.29) is 0 Å². The molecule has 1 N–H and O–H groups in total. The van der Waals surface area contributed by atoms with Crippen LogP contribution in [0.4, 0.5) is 4.79 Å². The van der Waals surface area contributed by atoms with Gasteiger partial charge >= 0.3 is 6.09 Å². The Balaban J connectivity index is 2.43. The van der Waals surface area contributed by atoms with Gasteiger partial charge in [0.25, 0.3) is 0 Å². The molecule has 0 saturated carbocycles. The first-order chi connectivity index (χ1) is 7.87. The van der Waals surface area contributed by atoms with Gasteiger partial charge in [0.05, 0.1) is 8.07 Å². The molecule has 0 aliphatic rings. The van der Waals surface area contributed by atoms with Crippen molar-refractivity contribution in [1.29, 1.82) is 0 Å². The van der Waals surface area contributed by atoms with Crippen LogP contribution in [-0.4, -0.2) is 14.2 Å². The second-order valence-electron chi connectivity index (χ2n) is 5.17. The van der Waals surface area contributed by atoms with Crippen molar-refractivity contribution in [2.24, 2.45) is 0 Å².